The summed E-state index contributed by atoms with van der Waals surface area (Å²) in [5, 5.41) is 4.80. The van der Waals surface area contributed by atoms with Crippen molar-refractivity contribution in [3.05, 3.63) is 87.8 Å². The van der Waals surface area contributed by atoms with Gasteiger partial charge in [0, 0.05) is 16.7 Å². The molecule has 0 fully saturated rings. The van der Waals surface area contributed by atoms with Crippen molar-refractivity contribution in [2.24, 2.45) is 0 Å². The molecule has 5 nitrogen and oxygen atoms in total. The fourth-order valence-electron chi connectivity index (χ4n) is 3.28. The van der Waals surface area contributed by atoms with Crippen LogP contribution in [-0.2, 0) is 6.54 Å². The van der Waals surface area contributed by atoms with Crippen molar-refractivity contribution in [2.75, 3.05) is 0 Å². The molecule has 0 aliphatic heterocycles. The van der Waals surface area contributed by atoms with Gasteiger partial charge in [-0.15, -0.1) is 0 Å². The average molecular weight is 503 g/mol. The van der Waals surface area contributed by atoms with E-state index in [1.54, 1.807) is 18.2 Å². The Morgan fingerprint density at radius 1 is 1.10 bits per heavy atom. The van der Waals surface area contributed by atoms with Crippen molar-refractivity contribution in [1.29, 1.82) is 0 Å². The van der Waals surface area contributed by atoms with E-state index in [1.807, 2.05) is 29.1 Å². The molecule has 9 heteroatoms. The van der Waals surface area contributed by atoms with Crippen molar-refractivity contribution < 1.29 is 17.9 Å². The third-order valence-electron chi connectivity index (χ3n) is 4.83. The maximum absolute atomic E-state index is 14.1. The van der Waals surface area contributed by atoms with E-state index in [9.17, 15) is 8.78 Å². The molecule has 5 aromatic rings. The molecule has 31 heavy (non-hydrogen) atoms. The lowest BCUT2D eigenvalue weighted by atomic mass is 10.1. The van der Waals surface area contributed by atoms with Gasteiger partial charge in [0.25, 0.3) is 0 Å². The molecule has 0 aliphatic rings. The zero-order chi connectivity index (χ0) is 21.5. The van der Waals surface area contributed by atoms with Crippen LogP contribution in [0, 0.1) is 11.6 Å². The highest BCUT2D eigenvalue weighted by Crippen LogP contribution is 2.31. The van der Waals surface area contributed by atoms with Crippen LogP contribution in [-0.4, -0.2) is 15.1 Å². The minimum Gasteiger partial charge on any atom is -0.353 e. The van der Waals surface area contributed by atoms with Crippen molar-refractivity contribution in [2.45, 2.75) is 6.54 Å². The highest BCUT2D eigenvalue weighted by molar-refractivity contribution is 9.10. The molecule has 0 amide bonds. The number of H-pyrrole nitrogens is 1. The number of hydrogen-bond acceptors (Lipinski definition) is 3. The molecule has 0 saturated heterocycles. The van der Waals surface area contributed by atoms with Crippen molar-refractivity contribution in [1.82, 2.24) is 15.1 Å². The zero-order valence-corrected chi connectivity index (χ0v) is 18.1. The monoisotopic (exact) mass is 501 g/mol. The molecular formula is C22H13BrClF2N4O+. The molecular weight excluding hydrogens is 490 g/mol. The molecule has 0 spiro atoms. The van der Waals surface area contributed by atoms with Gasteiger partial charge in [0.05, 0.1) is 10.0 Å². The van der Waals surface area contributed by atoms with Gasteiger partial charge in [-0.25, -0.2) is 13.8 Å². The normalized spacial score (nSPS) is 11.4. The third-order valence-corrected chi connectivity index (χ3v) is 5.90. The van der Waals surface area contributed by atoms with Gasteiger partial charge in [-0.05, 0) is 40.2 Å². The van der Waals surface area contributed by atoms with Crippen LogP contribution >= 0.6 is 27.5 Å². The van der Waals surface area contributed by atoms with E-state index in [1.165, 1.54) is 12.1 Å². The number of nitrogens with zero attached hydrogens (tertiary/aromatic N) is 3. The number of fused-ring (bicyclic) bond motifs is 1. The summed E-state index contributed by atoms with van der Waals surface area (Å²) in [6.07, 6.45) is 3.64. The molecule has 0 radical (unpaired) electrons. The number of benzene rings is 2. The number of imidazole rings is 1. The Morgan fingerprint density at radius 3 is 2.71 bits per heavy atom. The van der Waals surface area contributed by atoms with E-state index in [0.29, 0.717) is 34.1 Å². The van der Waals surface area contributed by atoms with Crippen molar-refractivity contribution >= 4 is 38.6 Å². The Kier molecular flexibility index (Phi) is 5.03. The van der Waals surface area contributed by atoms with Gasteiger partial charge >= 0.3 is 0 Å². The lowest BCUT2D eigenvalue weighted by Gasteiger charge is -1.99. The van der Waals surface area contributed by atoms with E-state index >= 15 is 0 Å². The lowest BCUT2D eigenvalue weighted by Crippen LogP contribution is -2.33. The molecule has 5 rings (SSSR count). The summed E-state index contributed by atoms with van der Waals surface area (Å²) in [5.74, 6) is -0.963. The van der Waals surface area contributed by atoms with Gasteiger partial charge in [-0.2, -0.15) is 4.57 Å². The second-order valence-corrected chi connectivity index (χ2v) is 8.11. The van der Waals surface area contributed by atoms with E-state index < -0.39 is 11.6 Å². The van der Waals surface area contributed by atoms with Crippen LogP contribution in [0.2, 0.25) is 5.02 Å². The molecule has 0 atom stereocenters. The number of pyridine rings is 1. The smallest absolute Gasteiger partial charge is 0.216 e. The number of hydrogen-bond donors (Lipinski definition) is 1. The van der Waals surface area contributed by atoms with Gasteiger partial charge in [-0.3, -0.25) is 0 Å². The topological polar surface area (TPSA) is 58.6 Å². The highest BCUT2D eigenvalue weighted by atomic mass is 79.9. The average Bonchev–Trinajstić information content (AvgIpc) is 3.34. The zero-order valence-electron chi connectivity index (χ0n) is 15.7. The van der Waals surface area contributed by atoms with Crippen LogP contribution in [0.3, 0.4) is 0 Å². The lowest BCUT2D eigenvalue weighted by molar-refractivity contribution is -0.689. The molecule has 3 heterocycles. The second-order valence-electron chi connectivity index (χ2n) is 6.88. The van der Waals surface area contributed by atoms with E-state index in [-0.39, 0.29) is 11.4 Å². The first-order chi connectivity index (χ1) is 15.0. The first-order valence-corrected chi connectivity index (χ1v) is 10.4. The number of halogens is 4. The van der Waals surface area contributed by atoms with Crippen molar-refractivity contribution in [3.8, 4) is 22.6 Å². The summed E-state index contributed by atoms with van der Waals surface area (Å²) in [7, 11) is 0. The van der Waals surface area contributed by atoms with Crippen LogP contribution in [0.5, 0.6) is 0 Å². The van der Waals surface area contributed by atoms with Crippen LogP contribution in [0.25, 0.3) is 33.7 Å². The predicted molar refractivity (Wildman–Crippen MR) is 115 cm³/mol. The molecule has 3 aromatic heterocycles. The Morgan fingerprint density at radius 2 is 1.90 bits per heavy atom. The highest BCUT2D eigenvalue weighted by Gasteiger charge is 2.20. The molecule has 0 bridgehead atoms. The minimum atomic E-state index is -0.935. The fourth-order valence-corrected chi connectivity index (χ4v) is 3.90. The predicted octanol–water partition coefficient (Wildman–Crippen LogP) is 5.91. The standard InChI is InChI=1S/C22H12BrClF2N4O/c23-19-18(31-29-21(19)12-4-6-13(24)7-5-12)11-30-9-8-16-17(10-30)28-22(27-16)14-2-1-3-15(25)20(14)26/h1-10H,11H2/p+1. The molecule has 0 saturated carbocycles. The van der Waals surface area contributed by atoms with E-state index in [4.69, 9.17) is 16.1 Å². The van der Waals surface area contributed by atoms with Gasteiger partial charge in [0.15, 0.2) is 24.0 Å². The fraction of sp³-hybridized carbons (Fsp3) is 0.0455. The number of rotatable bonds is 4. The Bertz CT molecular complexity index is 1420. The molecule has 154 valence electrons. The molecule has 2 aromatic carbocycles. The van der Waals surface area contributed by atoms with E-state index in [2.05, 4.69) is 31.1 Å². The largest absolute Gasteiger partial charge is 0.353 e. The summed E-state index contributed by atoms with van der Waals surface area (Å²) in [4.78, 5) is 7.42. The van der Waals surface area contributed by atoms with Gasteiger partial charge < -0.3 is 9.51 Å². The number of nitrogens with one attached hydrogen (secondary N) is 1. The minimum absolute atomic E-state index is 0.0772. The number of aromatic nitrogens is 4. The summed E-state index contributed by atoms with van der Waals surface area (Å²) in [6.45, 7) is 0.403. The Labute approximate surface area is 188 Å². The van der Waals surface area contributed by atoms with Gasteiger partial charge in [-0.1, -0.05) is 35.0 Å². The molecule has 1 N–H and O–H groups in total. The van der Waals surface area contributed by atoms with Crippen LogP contribution in [0.4, 0.5) is 8.78 Å². The van der Waals surface area contributed by atoms with Crippen molar-refractivity contribution in [3.63, 3.8) is 0 Å². The Hall–Kier alpha value is -3.10. The summed E-state index contributed by atoms with van der Waals surface area (Å²) in [5.41, 5.74) is 2.94. The Balaban J connectivity index is 1.45. The van der Waals surface area contributed by atoms with Crippen LogP contribution in [0.15, 0.2) is 69.9 Å². The van der Waals surface area contributed by atoms with Crippen LogP contribution < -0.4 is 4.57 Å². The summed E-state index contributed by atoms with van der Waals surface area (Å²) >= 11 is 9.51. The SMILES string of the molecule is Fc1cccc(-c2nc3cc[n+](Cc4onc(-c5ccc(Cl)cc5)c4Br)cc3[nH]2)c1F. The summed E-state index contributed by atoms with van der Waals surface area (Å²) < 4.78 is 35.8. The molecule has 0 unspecified atom stereocenters. The number of aromatic amines is 1. The van der Waals surface area contributed by atoms with Gasteiger partial charge in [0.1, 0.15) is 22.6 Å². The first kappa shape index (κ1) is 19.8. The first-order valence-electron chi connectivity index (χ1n) is 9.23. The maximum Gasteiger partial charge on any atom is 0.216 e. The third kappa shape index (κ3) is 3.73. The maximum atomic E-state index is 14.1. The molecule has 0 aliphatic carbocycles. The van der Waals surface area contributed by atoms with Gasteiger partial charge in [0.2, 0.25) is 12.3 Å². The van der Waals surface area contributed by atoms with E-state index in [0.717, 1.165) is 16.1 Å². The van der Waals surface area contributed by atoms with Crippen LogP contribution in [0.1, 0.15) is 5.76 Å². The quantitative estimate of drug-likeness (QED) is 0.311. The summed E-state index contributed by atoms with van der Waals surface area (Å²) in [6, 6.07) is 13.1. The second kappa shape index (κ2) is 7.86.